The quantitative estimate of drug-likeness (QED) is 0.639. The minimum atomic E-state index is -5.47. The van der Waals surface area contributed by atoms with Crippen molar-refractivity contribution in [3.63, 3.8) is 0 Å². The Morgan fingerprint density at radius 2 is 1.10 bits per heavy atom. The summed E-state index contributed by atoms with van der Waals surface area (Å²) in [5.41, 5.74) is -1.28. The lowest BCUT2D eigenvalue weighted by molar-refractivity contribution is -0.338. The molecule has 0 spiro atoms. The molecule has 0 amide bonds. The van der Waals surface area contributed by atoms with E-state index in [4.69, 9.17) is 0 Å². The molecule has 0 aromatic carbocycles. The van der Waals surface area contributed by atoms with Crippen molar-refractivity contribution in [1.82, 2.24) is 0 Å². The molecule has 0 N–H and O–H groups in total. The molecule has 0 saturated heterocycles. The molecule has 0 aliphatic rings. The van der Waals surface area contributed by atoms with Crippen LogP contribution in [-0.4, -0.2) is 24.6 Å². The van der Waals surface area contributed by atoms with Crippen LogP contribution >= 0.6 is 0 Å². The number of halogens is 6. The molecular weight excluding hydrogens is 286 g/mol. The molecule has 1 nitrogen and oxygen atoms in total. The monoisotopic (exact) mass is 308 g/mol. The third-order valence-corrected chi connectivity index (χ3v) is 2.66. The van der Waals surface area contributed by atoms with Gasteiger partial charge in [0, 0.05) is 0 Å². The summed E-state index contributed by atoms with van der Waals surface area (Å²) in [6, 6.07) is 0. The Kier molecular flexibility index (Phi) is 5.60. The van der Waals surface area contributed by atoms with Gasteiger partial charge >= 0.3 is 12.4 Å². The zero-order chi connectivity index (χ0) is 16.6. The van der Waals surface area contributed by atoms with Gasteiger partial charge in [0.05, 0.1) is 6.10 Å². The summed E-state index contributed by atoms with van der Waals surface area (Å²) in [6.07, 6.45) is -15.8. The van der Waals surface area contributed by atoms with Gasteiger partial charge in [0.2, 0.25) is 6.10 Å². The Labute approximate surface area is 115 Å². The predicted octanol–water partition coefficient (Wildman–Crippen LogP) is 5.35. The minimum Gasteiger partial charge on any atom is -0.357 e. The molecule has 0 aliphatic heterocycles. The maximum atomic E-state index is 12.6. The fraction of sp³-hybridized carbons (Fsp3) is 1.00. The van der Waals surface area contributed by atoms with Gasteiger partial charge in [-0.2, -0.15) is 26.3 Å². The first-order valence-corrected chi connectivity index (χ1v) is 6.23. The molecule has 0 radical (unpaired) electrons. The predicted molar refractivity (Wildman–Crippen MR) is 64.3 cm³/mol. The van der Waals surface area contributed by atoms with E-state index in [1.54, 1.807) is 41.5 Å². The van der Waals surface area contributed by atoms with Crippen LogP contribution in [-0.2, 0) is 4.74 Å². The van der Waals surface area contributed by atoms with E-state index in [9.17, 15) is 26.3 Å². The van der Waals surface area contributed by atoms with E-state index >= 15 is 0 Å². The lowest BCUT2D eigenvalue weighted by atomic mass is 9.78. The van der Waals surface area contributed by atoms with Crippen molar-refractivity contribution in [3.8, 4) is 0 Å². The van der Waals surface area contributed by atoms with Gasteiger partial charge in [-0.15, -0.1) is 0 Å². The molecule has 0 fully saturated rings. The average molecular weight is 308 g/mol. The second-order valence-corrected chi connectivity index (χ2v) is 7.22. The number of rotatable bonds is 3. The summed E-state index contributed by atoms with van der Waals surface area (Å²) in [4.78, 5) is 0. The highest BCUT2D eigenvalue weighted by atomic mass is 19.4. The van der Waals surface area contributed by atoms with Gasteiger partial charge in [-0.1, -0.05) is 41.5 Å². The number of alkyl halides is 6. The Morgan fingerprint density at radius 3 is 1.30 bits per heavy atom. The summed E-state index contributed by atoms with van der Waals surface area (Å²) >= 11 is 0. The van der Waals surface area contributed by atoms with Crippen LogP contribution in [0.25, 0.3) is 0 Å². The van der Waals surface area contributed by atoms with Crippen molar-refractivity contribution >= 4 is 0 Å². The molecule has 1 unspecified atom stereocenters. The largest absolute Gasteiger partial charge is 0.423 e. The maximum absolute atomic E-state index is 12.6. The Bertz CT molecular complexity index is 291. The Hall–Kier alpha value is -0.460. The van der Waals surface area contributed by atoms with Gasteiger partial charge in [0.1, 0.15) is 0 Å². The zero-order valence-corrected chi connectivity index (χ0v) is 12.5. The lowest BCUT2D eigenvalue weighted by Crippen LogP contribution is -2.49. The topological polar surface area (TPSA) is 9.23 Å². The second-order valence-electron chi connectivity index (χ2n) is 7.22. The summed E-state index contributed by atoms with van der Waals surface area (Å²) in [5.74, 6) is 0. The summed E-state index contributed by atoms with van der Waals surface area (Å²) in [6.45, 7) is 9.91. The van der Waals surface area contributed by atoms with Gasteiger partial charge in [-0.25, -0.2) is 0 Å². The lowest BCUT2D eigenvalue weighted by Gasteiger charge is -2.38. The number of hydrogen-bond acceptors (Lipinski definition) is 1. The fourth-order valence-corrected chi connectivity index (χ4v) is 1.62. The van der Waals surface area contributed by atoms with Crippen molar-refractivity contribution in [2.24, 2.45) is 10.8 Å². The smallest absolute Gasteiger partial charge is 0.357 e. The van der Waals surface area contributed by atoms with Crippen LogP contribution in [0.3, 0.4) is 0 Å². The van der Waals surface area contributed by atoms with Crippen LogP contribution in [0.4, 0.5) is 26.3 Å². The van der Waals surface area contributed by atoms with Crippen LogP contribution in [0.5, 0.6) is 0 Å². The van der Waals surface area contributed by atoms with Gasteiger partial charge in [0.25, 0.3) is 0 Å². The molecule has 0 heterocycles. The number of ether oxygens (including phenoxy) is 1. The van der Waals surface area contributed by atoms with Crippen LogP contribution < -0.4 is 0 Å². The first-order chi connectivity index (χ1) is 8.44. The molecule has 0 rings (SSSR count). The summed E-state index contributed by atoms with van der Waals surface area (Å²) in [5, 5.41) is 0. The van der Waals surface area contributed by atoms with Gasteiger partial charge in [-0.3, -0.25) is 0 Å². The van der Waals surface area contributed by atoms with Crippen molar-refractivity contribution in [2.75, 3.05) is 0 Å². The molecule has 0 bridgehead atoms. The third-order valence-electron chi connectivity index (χ3n) is 2.66. The average Bonchev–Trinajstić information content (AvgIpc) is 2.03. The van der Waals surface area contributed by atoms with Gasteiger partial charge in [-0.05, 0) is 17.3 Å². The molecular formula is C13H22F6O. The molecule has 0 aromatic heterocycles. The van der Waals surface area contributed by atoms with E-state index in [2.05, 4.69) is 4.74 Å². The second kappa shape index (κ2) is 5.73. The van der Waals surface area contributed by atoms with E-state index in [1.165, 1.54) is 0 Å². The highest BCUT2D eigenvalue weighted by Crippen LogP contribution is 2.41. The van der Waals surface area contributed by atoms with E-state index in [1.807, 2.05) is 0 Å². The van der Waals surface area contributed by atoms with Crippen LogP contribution in [0, 0.1) is 10.8 Å². The first kappa shape index (κ1) is 19.5. The minimum absolute atomic E-state index is 0.0964. The van der Waals surface area contributed by atoms with E-state index < -0.39 is 35.4 Å². The van der Waals surface area contributed by atoms with Crippen LogP contribution in [0.15, 0.2) is 0 Å². The molecule has 0 aromatic rings. The zero-order valence-electron chi connectivity index (χ0n) is 12.5. The van der Waals surface area contributed by atoms with Crippen molar-refractivity contribution < 1.29 is 31.1 Å². The maximum Gasteiger partial charge on any atom is 0.423 e. The van der Waals surface area contributed by atoms with E-state index in [0.717, 1.165) is 0 Å². The molecule has 0 saturated carbocycles. The molecule has 7 heteroatoms. The summed E-state index contributed by atoms with van der Waals surface area (Å²) < 4.78 is 79.8. The van der Waals surface area contributed by atoms with Crippen molar-refractivity contribution in [3.05, 3.63) is 0 Å². The Balaban J connectivity index is 5.31. The Morgan fingerprint density at radius 1 is 0.750 bits per heavy atom. The van der Waals surface area contributed by atoms with Crippen molar-refractivity contribution in [1.29, 1.82) is 0 Å². The van der Waals surface area contributed by atoms with E-state index in [-0.39, 0.29) is 6.42 Å². The third kappa shape index (κ3) is 6.81. The summed E-state index contributed by atoms with van der Waals surface area (Å²) in [7, 11) is 0. The van der Waals surface area contributed by atoms with Gasteiger partial charge < -0.3 is 4.74 Å². The van der Waals surface area contributed by atoms with Gasteiger partial charge in [0.15, 0.2) is 0 Å². The number of hydrogen-bond donors (Lipinski definition) is 0. The normalized spacial score (nSPS) is 16.6. The van der Waals surface area contributed by atoms with Crippen LogP contribution in [0.2, 0.25) is 0 Å². The van der Waals surface area contributed by atoms with E-state index in [0.29, 0.717) is 0 Å². The molecule has 122 valence electrons. The molecule has 20 heavy (non-hydrogen) atoms. The standard InChI is InChI=1S/C13H22F6O/c1-10(2,3)7-8(11(4,5)6)20-9(12(14,15)16)13(17,18)19/h8-9H,7H2,1-6H3. The molecule has 1 atom stereocenters. The SMILES string of the molecule is CC(C)(C)CC(OC(C(F)(F)F)C(F)(F)F)C(C)(C)C. The molecule has 0 aliphatic carbocycles. The highest BCUT2D eigenvalue weighted by Gasteiger charge is 2.59. The van der Waals surface area contributed by atoms with Crippen molar-refractivity contribution in [2.45, 2.75) is 72.5 Å². The van der Waals surface area contributed by atoms with Crippen LogP contribution in [0.1, 0.15) is 48.0 Å². The fourth-order valence-electron chi connectivity index (χ4n) is 1.62. The highest BCUT2D eigenvalue weighted by molar-refractivity contribution is 4.85. The first-order valence-electron chi connectivity index (χ1n) is 6.23.